The number of methoxy groups -OCH3 is 2. The molecule has 2 heterocycles. The van der Waals surface area contributed by atoms with Crippen LogP contribution >= 0.6 is 0 Å². The molecule has 0 bridgehead atoms. The summed E-state index contributed by atoms with van der Waals surface area (Å²) in [5.41, 5.74) is 0.458. The van der Waals surface area contributed by atoms with Crippen molar-refractivity contribution < 1.29 is 19.4 Å². The Balaban J connectivity index is 1.51. The molecule has 3 N–H and O–H groups in total. The van der Waals surface area contributed by atoms with Gasteiger partial charge in [-0.3, -0.25) is 4.79 Å². The number of carbonyl (C=O) groups is 1. The summed E-state index contributed by atoms with van der Waals surface area (Å²) in [6, 6.07) is 5.66. The van der Waals surface area contributed by atoms with E-state index >= 15 is 0 Å². The fourth-order valence-electron chi connectivity index (χ4n) is 3.28. The molecule has 1 amide bonds. The minimum Gasteiger partial charge on any atom is -0.493 e. The predicted octanol–water partition coefficient (Wildman–Crippen LogP) is 0.382. The molecule has 0 saturated carbocycles. The summed E-state index contributed by atoms with van der Waals surface area (Å²) >= 11 is 0. The standard InChI is InChI=1S/C19H27N5O4/c1-27-16-4-3-14(11-17(16)28-2)5-8-21-18(25)15-12-24(23-22-15)13-19(26)6-9-20-10-7-19/h3-4,11-12,20,26H,5-10,13H2,1-2H3,(H,21,25). The van der Waals surface area contributed by atoms with Crippen molar-refractivity contribution in [2.45, 2.75) is 31.4 Å². The first-order chi connectivity index (χ1) is 13.5. The number of aliphatic hydroxyl groups is 1. The third-order valence-electron chi connectivity index (χ3n) is 4.91. The number of nitrogens with zero attached hydrogens (tertiary/aromatic N) is 3. The van der Waals surface area contributed by atoms with Crippen LogP contribution in [0.2, 0.25) is 0 Å². The lowest BCUT2D eigenvalue weighted by Gasteiger charge is -2.32. The van der Waals surface area contributed by atoms with Crippen molar-refractivity contribution in [1.82, 2.24) is 25.6 Å². The van der Waals surface area contributed by atoms with Crippen molar-refractivity contribution in [2.75, 3.05) is 33.9 Å². The Labute approximate surface area is 164 Å². The lowest BCUT2D eigenvalue weighted by atomic mass is 9.92. The summed E-state index contributed by atoms with van der Waals surface area (Å²) in [7, 11) is 3.18. The van der Waals surface area contributed by atoms with E-state index in [9.17, 15) is 9.90 Å². The van der Waals surface area contributed by atoms with Crippen molar-refractivity contribution in [1.29, 1.82) is 0 Å². The van der Waals surface area contributed by atoms with Crippen LogP contribution in [0.15, 0.2) is 24.4 Å². The van der Waals surface area contributed by atoms with Gasteiger partial charge in [-0.2, -0.15) is 0 Å². The molecule has 1 aromatic heterocycles. The highest BCUT2D eigenvalue weighted by molar-refractivity contribution is 5.91. The van der Waals surface area contributed by atoms with Crippen LogP contribution in [0.25, 0.3) is 0 Å². The van der Waals surface area contributed by atoms with Crippen molar-refractivity contribution in [3.8, 4) is 11.5 Å². The van der Waals surface area contributed by atoms with E-state index < -0.39 is 5.60 Å². The largest absolute Gasteiger partial charge is 0.493 e. The summed E-state index contributed by atoms with van der Waals surface area (Å²) in [6.07, 6.45) is 3.53. The number of aromatic nitrogens is 3. The molecule has 0 radical (unpaired) electrons. The normalized spacial score (nSPS) is 15.8. The maximum atomic E-state index is 12.3. The third kappa shape index (κ3) is 4.99. The van der Waals surface area contributed by atoms with Crippen LogP contribution in [0.5, 0.6) is 11.5 Å². The Morgan fingerprint density at radius 1 is 1.29 bits per heavy atom. The van der Waals surface area contributed by atoms with Crippen molar-refractivity contribution in [2.24, 2.45) is 0 Å². The van der Waals surface area contributed by atoms with Crippen LogP contribution in [-0.2, 0) is 13.0 Å². The zero-order valence-electron chi connectivity index (χ0n) is 16.3. The minimum absolute atomic E-state index is 0.241. The van der Waals surface area contributed by atoms with Crippen LogP contribution in [0.4, 0.5) is 0 Å². The lowest BCUT2D eigenvalue weighted by molar-refractivity contribution is -0.00866. The Kier molecular flexibility index (Phi) is 6.48. The molecule has 1 saturated heterocycles. The highest BCUT2D eigenvalue weighted by Crippen LogP contribution is 2.27. The summed E-state index contributed by atoms with van der Waals surface area (Å²) in [6.45, 7) is 2.33. The monoisotopic (exact) mass is 389 g/mol. The zero-order chi connectivity index (χ0) is 20.0. The topological polar surface area (TPSA) is 111 Å². The molecule has 28 heavy (non-hydrogen) atoms. The molecule has 152 valence electrons. The molecule has 0 aliphatic carbocycles. The van der Waals surface area contributed by atoms with Crippen LogP contribution < -0.4 is 20.1 Å². The van der Waals surface area contributed by atoms with Gasteiger partial charge in [0.15, 0.2) is 17.2 Å². The fraction of sp³-hybridized carbons (Fsp3) is 0.526. The minimum atomic E-state index is -0.805. The first-order valence-corrected chi connectivity index (χ1v) is 9.35. The quantitative estimate of drug-likeness (QED) is 0.599. The number of hydrogen-bond donors (Lipinski definition) is 3. The van der Waals surface area contributed by atoms with Gasteiger partial charge >= 0.3 is 0 Å². The second-order valence-electron chi connectivity index (χ2n) is 6.97. The summed E-state index contributed by atoms with van der Waals surface area (Å²) in [5.74, 6) is 1.04. The molecule has 1 fully saturated rings. The molecule has 9 nitrogen and oxygen atoms in total. The van der Waals surface area contributed by atoms with E-state index in [2.05, 4.69) is 20.9 Å². The SMILES string of the molecule is COc1ccc(CCNC(=O)c2cn(CC3(O)CCNCC3)nn2)cc1OC. The van der Waals surface area contributed by atoms with Crippen LogP contribution in [-0.4, -0.2) is 65.5 Å². The average Bonchev–Trinajstić information content (AvgIpc) is 3.16. The molecule has 1 aliphatic heterocycles. The van der Waals surface area contributed by atoms with E-state index in [1.807, 2.05) is 18.2 Å². The number of rotatable bonds is 8. The first-order valence-electron chi connectivity index (χ1n) is 9.35. The second kappa shape index (κ2) is 9.03. The summed E-state index contributed by atoms with van der Waals surface area (Å²) in [4.78, 5) is 12.3. The van der Waals surface area contributed by atoms with Crippen molar-refractivity contribution in [3.63, 3.8) is 0 Å². The van der Waals surface area contributed by atoms with Gasteiger partial charge < -0.3 is 25.2 Å². The van der Waals surface area contributed by atoms with Gasteiger partial charge in [0.25, 0.3) is 5.91 Å². The van der Waals surface area contributed by atoms with Gasteiger partial charge in [-0.25, -0.2) is 4.68 Å². The number of carbonyl (C=O) groups excluding carboxylic acids is 1. The molecule has 1 aromatic carbocycles. The Morgan fingerprint density at radius 3 is 2.75 bits per heavy atom. The van der Waals surface area contributed by atoms with Crippen LogP contribution in [0.3, 0.4) is 0 Å². The van der Waals surface area contributed by atoms with E-state index in [0.29, 0.717) is 43.9 Å². The van der Waals surface area contributed by atoms with Gasteiger partial charge in [0.1, 0.15) is 0 Å². The van der Waals surface area contributed by atoms with E-state index in [4.69, 9.17) is 9.47 Å². The van der Waals surface area contributed by atoms with Crippen LogP contribution in [0.1, 0.15) is 28.9 Å². The Morgan fingerprint density at radius 2 is 2.04 bits per heavy atom. The summed E-state index contributed by atoms with van der Waals surface area (Å²) in [5, 5.41) is 24.5. The highest BCUT2D eigenvalue weighted by atomic mass is 16.5. The lowest BCUT2D eigenvalue weighted by Crippen LogP contribution is -2.44. The molecule has 0 unspecified atom stereocenters. The van der Waals surface area contributed by atoms with E-state index in [1.54, 1.807) is 20.4 Å². The van der Waals surface area contributed by atoms with Gasteiger partial charge in [-0.05, 0) is 50.0 Å². The van der Waals surface area contributed by atoms with Gasteiger partial charge in [0, 0.05) is 6.54 Å². The fourth-order valence-corrected chi connectivity index (χ4v) is 3.28. The first kappa shape index (κ1) is 20.1. The second-order valence-corrected chi connectivity index (χ2v) is 6.97. The van der Waals surface area contributed by atoms with Gasteiger partial charge in [0.05, 0.1) is 32.6 Å². The van der Waals surface area contributed by atoms with Crippen molar-refractivity contribution in [3.05, 3.63) is 35.7 Å². The molecule has 1 aliphatic rings. The number of amides is 1. The van der Waals surface area contributed by atoms with Gasteiger partial charge in [-0.1, -0.05) is 11.3 Å². The maximum absolute atomic E-state index is 12.3. The van der Waals surface area contributed by atoms with E-state index in [-0.39, 0.29) is 11.6 Å². The Bertz CT molecular complexity index is 801. The number of piperidine rings is 1. The van der Waals surface area contributed by atoms with Gasteiger partial charge in [-0.15, -0.1) is 5.10 Å². The van der Waals surface area contributed by atoms with Crippen molar-refractivity contribution >= 4 is 5.91 Å². The molecule has 9 heteroatoms. The average molecular weight is 389 g/mol. The Hall–Kier alpha value is -2.65. The molecule has 3 rings (SSSR count). The van der Waals surface area contributed by atoms with E-state index in [1.165, 1.54) is 4.68 Å². The summed E-state index contributed by atoms with van der Waals surface area (Å²) < 4.78 is 12.0. The number of hydrogen-bond acceptors (Lipinski definition) is 7. The molecule has 0 spiro atoms. The van der Waals surface area contributed by atoms with Gasteiger partial charge in [0.2, 0.25) is 0 Å². The number of benzene rings is 1. The predicted molar refractivity (Wildman–Crippen MR) is 103 cm³/mol. The number of nitrogens with one attached hydrogen (secondary N) is 2. The number of ether oxygens (including phenoxy) is 2. The van der Waals surface area contributed by atoms with Crippen LogP contribution in [0, 0.1) is 0 Å². The third-order valence-corrected chi connectivity index (χ3v) is 4.91. The molecule has 0 atom stereocenters. The molecular formula is C19H27N5O4. The zero-order valence-corrected chi connectivity index (χ0v) is 16.3. The highest BCUT2D eigenvalue weighted by Gasteiger charge is 2.30. The van der Waals surface area contributed by atoms with E-state index in [0.717, 1.165) is 18.7 Å². The molecular weight excluding hydrogens is 362 g/mol. The maximum Gasteiger partial charge on any atom is 0.273 e. The molecule has 2 aromatic rings. The smallest absolute Gasteiger partial charge is 0.273 e.